The summed E-state index contributed by atoms with van der Waals surface area (Å²) in [5.41, 5.74) is 0.869. The third-order valence-electron chi connectivity index (χ3n) is 5.98. The van der Waals surface area contributed by atoms with E-state index in [1.54, 1.807) is 12.0 Å². The van der Waals surface area contributed by atoms with Crippen molar-refractivity contribution in [3.05, 3.63) is 11.9 Å². The number of morpholine rings is 1. The Morgan fingerprint density at radius 1 is 1.44 bits per heavy atom. The zero-order valence-electron chi connectivity index (χ0n) is 14.9. The van der Waals surface area contributed by atoms with E-state index in [0.717, 1.165) is 38.3 Å². The number of aromatic nitrogens is 3. The summed E-state index contributed by atoms with van der Waals surface area (Å²) in [6.45, 7) is 6.37. The van der Waals surface area contributed by atoms with Crippen molar-refractivity contribution in [1.82, 2.24) is 19.9 Å². The molecule has 1 aromatic heterocycles. The zero-order valence-corrected chi connectivity index (χ0v) is 14.9. The van der Waals surface area contributed by atoms with Crippen LogP contribution in [0.5, 0.6) is 0 Å². The molecule has 5 rings (SSSR count). The van der Waals surface area contributed by atoms with E-state index in [0.29, 0.717) is 37.7 Å². The second-order valence-corrected chi connectivity index (χ2v) is 7.50. The molecular weight excluding hydrogens is 322 g/mol. The standard InChI is InChI=1S/C17H27N5O3/c1-24-12-14-9-22(19-18-14)10-15-8-13-2-3-21(15)11-16(13)17(23)20-4-6-25-7-5-20/h9,13,15-16H,2-8,10-12H2,1H3/p+1/t13-,15+,16-/m0/s1. The van der Waals surface area contributed by atoms with E-state index in [4.69, 9.17) is 9.47 Å². The number of piperidine rings is 3. The Bertz CT molecular complexity index is 601. The van der Waals surface area contributed by atoms with Gasteiger partial charge in [-0.1, -0.05) is 5.21 Å². The first-order valence-corrected chi connectivity index (χ1v) is 9.33. The number of carbonyl (C=O) groups excluding carboxylic acids is 1. The predicted molar refractivity (Wildman–Crippen MR) is 88.8 cm³/mol. The van der Waals surface area contributed by atoms with Crippen LogP contribution >= 0.6 is 0 Å². The molecule has 0 aliphatic carbocycles. The van der Waals surface area contributed by atoms with Gasteiger partial charge < -0.3 is 19.3 Å². The summed E-state index contributed by atoms with van der Waals surface area (Å²) < 4.78 is 12.4. The van der Waals surface area contributed by atoms with E-state index >= 15 is 0 Å². The highest BCUT2D eigenvalue weighted by atomic mass is 16.5. The lowest BCUT2D eigenvalue weighted by Gasteiger charge is -2.47. The molecular formula is C17H28N5O3+. The number of nitrogens with zero attached hydrogens (tertiary/aromatic N) is 4. The largest absolute Gasteiger partial charge is 0.378 e. The molecule has 4 saturated heterocycles. The number of hydrogen-bond acceptors (Lipinski definition) is 5. The lowest BCUT2D eigenvalue weighted by Crippen LogP contribution is -3.20. The van der Waals surface area contributed by atoms with Crippen LogP contribution in [0.25, 0.3) is 0 Å². The average Bonchev–Trinajstić information content (AvgIpc) is 3.10. The van der Waals surface area contributed by atoms with E-state index in [1.165, 1.54) is 13.0 Å². The van der Waals surface area contributed by atoms with E-state index in [9.17, 15) is 4.79 Å². The Balaban J connectivity index is 1.37. The van der Waals surface area contributed by atoms with Crippen LogP contribution in [0.1, 0.15) is 18.5 Å². The van der Waals surface area contributed by atoms with Crippen molar-refractivity contribution in [2.45, 2.75) is 32.0 Å². The molecule has 8 heteroatoms. The molecule has 138 valence electrons. The number of ether oxygens (including phenoxy) is 2. The topological polar surface area (TPSA) is 73.9 Å². The fourth-order valence-corrected chi connectivity index (χ4v) is 4.69. The number of quaternary nitrogens is 1. The van der Waals surface area contributed by atoms with Crippen LogP contribution in [0, 0.1) is 11.8 Å². The van der Waals surface area contributed by atoms with Crippen LogP contribution in [0.4, 0.5) is 0 Å². The third kappa shape index (κ3) is 3.56. The Hall–Kier alpha value is -1.51. The molecule has 1 aromatic rings. The summed E-state index contributed by atoms with van der Waals surface area (Å²) in [5.74, 6) is 1.06. The highest BCUT2D eigenvalue weighted by molar-refractivity contribution is 5.79. The van der Waals surface area contributed by atoms with E-state index < -0.39 is 0 Å². The summed E-state index contributed by atoms with van der Waals surface area (Å²) >= 11 is 0. The minimum absolute atomic E-state index is 0.192. The molecule has 25 heavy (non-hydrogen) atoms. The van der Waals surface area contributed by atoms with Crippen molar-refractivity contribution >= 4 is 5.91 Å². The van der Waals surface area contributed by atoms with Gasteiger partial charge in [0.1, 0.15) is 11.7 Å². The number of methoxy groups -OCH3 is 1. The maximum Gasteiger partial charge on any atom is 0.231 e. The molecule has 4 aliphatic rings. The summed E-state index contributed by atoms with van der Waals surface area (Å²) in [6.07, 6.45) is 4.25. The fraction of sp³-hybridized carbons (Fsp3) is 0.824. The van der Waals surface area contributed by atoms with Gasteiger partial charge in [-0.15, -0.1) is 5.10 Å². The lowest BCUT2D eigenvalue weighted by molar-refractivity contribution is -0.945. The Labute approximate surface area is 148 Å². The molecule has 4 fully saturated rings. The second kappa shape index (κ2) is 7.39. The van der Waals surface area contributed by atoms with Gasteiger partial charge in [0.2, 0.25) is 5.91 Å². The van der Waals surface area contributed by atoms with Crippen LogP contribution in [0.3, 0.4) is 0 Å². The second-order valence-electron chi connectivity index (χ2n) is 7.50. The Morgan fingerprint density at radius 2 is 2.28 bits per heavy atom. The van der Waals surface area contributed by atoms with Gasteiger partial charge in [-0.2, -0.15) is 0 Å². The van der Waals surface area contributed by atoms with Gasteiger partial charge in [0, 0.05) is 33.0 Å². The molecule has 2 bridgehead atoms. The zero-order chi connectivity index (χ0) is 17.2. The summed E-state index contributed by atoms with van der Waals surface area (Å²) in [6, 6.07) is 0.532. The average molecular weight is 350 g/mol. The van der Waals surface area contributed by atoms with Crippen molar-refractivity contribution < 1.29 is 19.2 Å². The summed E-state index contributed by atoms with van der Waals surface area (Å²) in [5, 5.41) is 8.37. The van der Waals surface area contributed by atoms with Gasteiger partial charge in [0.15, 0.2) is 0 Å². The van der Waals surface area contributed by atoms with Crippen LogP contribution in [-0.2, 0) is 27.4 Å². The Kier molecular flexibility index (Phi) is 5.00. The first-order chi connectivity index (χ1) is 12.2. The lowest BCUT2D eigenvalue weighted by atomic mass is 9.75. The third-order valence-corrected chi connectivity index (χ3v) is 5.98. The molecule has 4 atom stereocenters. The monoisotopic (exact) mass is 350 g/mol. The van der Waals surface area contributed by atoms with Crippen LogP contribution in [0.15, 0.2) is 6.20 Å². The van der Waals surface area contributed by atoms with E-state index in [2.05, 4.69) is 10.3 Å². The van der Waals surface area contributed by atoms with Gasteiger partial charge in [0.25, 0.3) is 0 Å². The number of rotatable bonds is 5. The van der Waals surface area contributed by atoms with E-state index in [-0.39, 0.29) is 5.92 Å². The van der Waals surface area contributed by atoms with Crippen LogP contribution in [-0.4, -0.2) is 78.3 Å². The molecule has 5 heterocycles. The molecule has 1 N–H and O–H groups in total. The molecule has 8 nitrogen and oxygen atoms in total. The number of amides is 1. The number of fused-ring (bicyclic) bond motifs is 3. The Morgan fingerprint density at radius 3 is 3.00 bits per heavy atom. The van der Waals surface area contributed by atoms with Crippen molar-refractivity contribution in [2.75, 3.05) is 46.5 Å². The van der Waals surface area contributed by atoms with Crippen LogP contribution in [0.2, 0.25) is 0 Å². The smallest absolute Gasteiger partial charge is 0.231 e. The highest BCUT2D eigenvalue weighted by Gasteiger charge is 2.47. The van der Waals surface area contributed by atoms with Crippen molar-refractivity contribution in [1.29, 1.82) is 0 Å². The molecule has 0 saturated carbocycles. The SMILES string of the molecule is COCc1cn(C[C@H]2C[C@@H]3CC[NH+]2C[C@@H]3C(=O)N2CCOCC2)nn1. The molecule has 1 unspecified atom stereocenters. The van der Waals surface area contributed by atoms with Crippen LogP contribution < -0.4 is 4.90 Å². The minimum atomic E-state index is 0.192. The maximum atomic E-state index is 12.9. The predicted octanol–water partition coefficient (Wildman–Crippen LogP) is -1.42. The first kappa shape index (κ1) is 16.9. The molecule has 4 aliphatic heterocycles. The molecule has 0 aromatic carbocycles. The van der Waals surface area contributed by atoms with Gasteiger partial charge in [-0.25, -0.2) is 4.68 Å². The van der Waals surface area contributed by atoms with Crippen molar-refractivity contribution in [3.63, 3.8) is 0 Å². The van der Waals surface area contributed by atoms with Crippen molar-refractivity contribution in [3.8, 4) is 0 Å². The first-order valence-electron chi connectivity index (χ1n) is 9.33. The van der Waals surface area contributed by atoms with Crippen molar-refractivity contribution in [2.24, 2.45) is 11.8 Å². The quantitative estimate of drug-likeness (QED) is 0.705. The fourth-order valence-electron chi connectivity index (χ4n) is 4.69. The maximum absolute atomic E-state index is 12.9. The summed E-state index contributed by atoms with van der Waals surface area (Å²) in [4.78, 5) is 16.5. The summed E-state index contributed by atoms with van der Waals surface area (Å²) in [7, 11) is 1.67. The minimum Gasteiger partial charge on any atom is -0.378 e. The number of carbonyl (C=O) groups is 1. The van der Waals surface area contributed by atoms with E-state index in [1.807, 2.05) is 15.8 Å². The van der Waals surface area contributed by atoms with Gasteiger partial charge in [-0.3, -0.25) is 4.79 Å². The van der Waals surface area contributed by atoms with Gasteiger partial charge >= 0.3 is 0 Å². The molecule has 1 amide bonds. The molecule has 0 radical (unpaired) electrons. The molecule has 0 spiro atoms. The normalized spacial score (nSPS) is 32.1. The van der Waals surface area contributed by atoms with Gasteiger partial charge in [-0.05, 0) is 5.92 Å². The van der Waals surface area contributed by atoms with Gasteiger partial charge in [0.05, 0.1) is 51.6 Å². The number of nitrogens with one attached hydrogen (secondary N) is 1. The highest BCUT2D eigenvalue weighted by Crippen LogP contribution is 2.29. The number of hydrogen-bond donors (Lipinski definition) is 1.